The van der Waals surface area contributed by atoms with Gasteiger partial charge in [0.1, 0.15) is 0 Å². The smallest absolute Gasteiger partial charge is 0.251 e. The van der Waals surface area contributed by atoms with Crippen LogP contribution in [-0.4, -0.2) is 15.9 Å². The summed E-state index contributed by atoms with van der Waals surface area (Å²) >= 11 is 0. The van der Waals surface area contributed by atoms with E-state index in [1.165, 1.54) is 0 Å². The topological polar surface area (TPSA) is 54.9 Å². The van der Waals surface area contributed by atoms with Gasteiger partial charge in [-0.15, -0.1) is 0 Å². The molecule has 2 aromatic heterocycles. The number of hydrogen-bond donors (Lipinski definition) is 1. The minimum absolute atomic E-state index is 0.0677. The predicted molar refractivity (Wildman–Crippen MR) is 73.7 cm³/mol. The van der Waals surface area contributed by atoms with Crippen molar-refractivity contribution in [3.8, 4) is 0 Å². The second-order valence-electron chi connectivity index (χ2n) is 4.38. The molecular formula is C15H17N3O. The van der Waals surface area contributed by atoms with Gasteiger partial charge in [-0.2, -0.15) is 0 Å². The first-order valence-electron chi connectivity index (χ1n) is 6.34. The molecule has 2 heterocycles. The minimum Gasteiger partial charge on any atom is -0.344 e. The molecule has 2 aromatic rings. The fourth-order valence-corrected chi connectivity index (χ4v) is 1.97. The molecule has 0 unspecified atom stereocenters. The molecule has 1 atom stereocenters. The number of hydrogen-bond acceptors (Lipinski definition) is 3. The highest BCUT2D eigenvalue weighted by Crippen LogP contribution is 2.18. The van der Waals surface area contributed by atoms with Crippen molar-refractivity contribution in [2.75, 3.05) is 0 Å². The van der Waals surface area contributed by atoms with Crippen LogP contribution in [0.2, 0.25) is 0 Å². The monoisotopic (exact) mass is 255 g/mol. The van der Waals surface area contributed by atoms with E-state index < -0.39 is 0 Å². The number of nitrogens with zero attached hydrogens (tertiary/aromatic N) is 2. The maximum Gasteiger partial charge on any atom is 0.251 e. The minimum atomic E-state index is -0.0979. The lowest BCUT2D eigenvalue weighted by atomic mass is 10.1. The van der Waals surface area contributed by atoms with Crippen molar-refractivity contribution >= 4 is 5.91 Å². The summed E-state index contributed by atoms with van der Waals surface area (Å²) in [6.45, 7) is 4.04. The number of aryl methyl sites for hydroxylation is 1. The van der Waals surface area contributed by atoms with Crippen LogP contribution < -0.4 is 5.32 Å². The molecule has 1 N–H and O–H groups in total. The Labute approximate surface area is 112 Å². The predicted octanol–water partition coefficient (Wildman–Crippen LogP) is 2.67. The van der Waals surface area contributed by atoms with Crippen molar-refractivity contribution in [3.63, 3.8) is 0 Å². The van der Waals surface area contributed by atoms with E-state index in [0.717, 1.165) is 17.7 Å². The van der Waals surface area contributed by atoms with E-state index in [1.807, 2.05) is 26.0 Å². The number of nitrogens with one attached hydrogen (secondary N) is 1. The van der Waals surface area contributed by atoms with E-state index >= 15 is 0 Å². The number of rotatable bonds is 4. The zero-order valence-corrected chi connectivity index (χ0v) is 11.1. The second kappa shape index (κ2) is 6.09. The molecule has 0 saturated carbocycles. The summed E-state index contributed by atoms with van der Waals surface area (Å²) in [5.41, 5.74) is 2.62. The van der Waals surface area contributed by atoms with Crippen molar-refractivity contribution in [1.82, 2.24) is 15.3 Å². The summed E-state index contributed by atoms with van der Waals surface area (Å²) in [5, 5.41) is 3.01. The van der Waals surface area contributed by atoms with Crippen LogP contribution in [0.4, 0.5) is 0 Å². The largest absolute Gasteiger partial charge is 0.344 e. The number of carbonyl (C=O) groups is 1. The molecule has 0 spiro atoms. The number of amides is 1. The molecule has 0 aliphatic heterocycles. The van der Waals surface area contributed by atoms with Gasteiger partial charge in [-0.25, -0.2) is 0 Å². The Hall–Kier alpha value is -2.23. The van der Waals surface area contributed by atoms with Crippen LogP contribution in [0.15, 0.2) is 42.9 Å². The van der Waals surface area contributed by atoms with Gasteiger partial charge in [-0.3, -0.25) is 14.8 Å². The van der Waals surface area contributed by atoms with Crippen molar-refractivity contribution in [2.45, 2.75) is 26.3 Å². The number of aromatic nitrogens is 2. The summed E-state index contributed by atoms with van der Waals surface area (Å²) in [4.78, 5) is 20.4. The number of carbonyl (C=O) groups excluding carboxylic acids is 1. The summed E-state index contributed by atoms with van der Waals surface area (Å²) in [6, 6.07) is 7.24. The van der Waals surface area contributed by atoms with Crippen LogP contribution in [0.3, 0.4) is 0 Å². The van der Waals surface area contributed by atoms with Gasteiger partial charge < -0.3 is 5.32 Å². The van der Waals surface area contributed by atoms with Crippen LogP contribution in [0.1, 0.15) is 41.0 Å². The van der Waals surface area contributed by atoms with Crippen molar-refractivity contribution in [1.29, 1.82) is 0 Å². The zero-order chi connectivity index (χ0) is 13.7. The first-order chi connectivity index (χ1) is 9.22. The summed E-state index contributed by atoms with van der Waals surface area (Å²) in [7, 11) is 0. The van der Waals surface area contributed by atoms with Crippen LogP contribution in [0.25, 0.3) is 0 Å². The van der Waals surface area contributed by atoms with Gasteiger partial charge in [-0.1, -0.05) is 13.0 Å². The van der Waals surface area contributed by atoms with Crippen molar-refractivity contribution in [3.05, 3.63) is 59.7 Å². The van der Waals surface area contributed by atoms with E-state index in [-0.39, 0.29) is 11.9 Å². The third kappa shape index (κ3) is 3.16. The van der Waals surface area contributed by atoms with Crippen LogP contribution in [0.5, 0.6) is 0 Å². The van der Waals surface area contributed by atoms with E-state index in [2.05, 4.69) is 15.3 Å². The third-order valence-electron chi connectivity index (χ3n) is 3.04. The van der Waals surface area contributed by atoms with Gasteiger partial charge in [0, 0.05) is 24.2 Å². The number of pyridine rings is 2. The summed E-state index contributed by atoms with van der Waals surface area (Å²) in [6.07, 6.45) is 5.78. The lowest BCUT2D eigenvalue weighted by Gasteiger charge is -2.18. The standard InChI is InChI=1S/C15H17N3O/c1-3-13(14-11(2)5-4-8-17-14)18-15(19)12-6-9-16-10-7-12/h4-10,13H,3H2,1-2H3,(H,18,19)/t13-/m1/s1. The molecule has 4 heteroatoms. The second-order valence-corrected chi connectivity index (χ2v) is 4.38. The lowest BCUT2D eigenvalue weighted by molar-refractivity contribution is 0.0934. The Morgan fingerprint density at radius 1 is 1.26 bits per heavy atom. The first kappa shape index (κ1) is 13.2. The molecule has 98 valence electrons. The van der Waals surface area contributed by atoms with Gasteiger partial charge in [-0.05, 0) is 37.1 Å². The maximum absolute atomic E-state index is 12.1. The van der Waals surface area contributed by atoms with Crippen LogP contribution in [0, 0.1) is 6.92 Å². The Bertz CT molecular complexity index is 554. The summed E-state index contributed by atoms with van der Waals surface area (Å²) < 4.78 is 0. The quantitative estimate of drug-likeness (QED) is 0.913. The fourth-order valence-electron chi connectivity index (χ4n) is 1.97. The van der Waals surface area contributed by atoms with Crippen molar-refractivity contribution in [2.24, 2.45) is 0 Å². The molecule has 0 aliphatic rings. The normalized spacial score (nSPS) is 11.9. The average Bonchev–Trinajstić information content (AvgIpc) is 2.46. The van der Waals surface area contributed by atoms with Gasteiger partial charge in [0.05, 0.1) is 11.7 Å². The van der Waals surface area contributed by atoms with E-state index in [1.54, 1.807) is 30.7 Å². The Morgan fingerprint density at radius 2 is 2.00 bits per heavy atom. The Kier molecular flexibility index (Phi) is 4.23. The molecule has 0 radical (unpaired) electrons. The molecule has 0 aromatic carbocycles. The van der Waals surface area contributed by atoms with Crippen molar-refractivity contribution < 1.29 is 4.79 Å². The molecule has 2 rings (SSSR count). The SMILES string of the molecule is CC[C@@H](NC(=O)c1ccncc1)c1ncccc1C. The lowest BCUT2D eigenvalue weighted by Crippen LogP contribution is -2.29. The van der Waals surface area contributed by atoms with Crippen LogP contribution >= 0.6 is 0 Å². The molecule has 0 aliphatic carbocycles. The molecule has 1 amide bonds. The average molecular weight is 255 g/mol. The van der Waals surface area contributed by atoms with Gasteiger partial charge in [0.2, 0.25) is 0 Å². The van der Waals surface area contributed by atoms with Gasteiger partial charge >= 0.3 is 0 Å². The highest BCUT2D eigenvalue weighted by Gasteiger charge is 2.16. The van der Waals surface area contributed by atoms with E-state index in [4.69, 9.17) is 0 Å². The molecule has 4 nitrogen and oxygen atoms in total. The highest BCUT2D eigenvalue weighted by molar-refractivity contribution is 5.94. The highest BCUT2D eigenvalue weighted by atomic mass is 16.1. The van der Waals surface area contributed by atoms with Gasteiger partial charge in [0.25, 0.3) is 5.91 Å². The molecule has 19 heavy (non-hydrogen) atoms. The maximum atomic E-state index is 12.1. The first-order valence-corrected chi connectivity index (χ1v) is 6.34. The van der Waals surface area contributed by atoms with Gasteiger partial charge in [0.15, 0.2) is 0 Å². The van der Waals surface area contributed by atoms with E-state index in [9.17, 15) is 4.79 Å². The fraction of sp³-hybridized carbons (Fsp3) is 0.267. The molecule has 0 bridgehead atoms. The zero-order valence-electron chi connectivity index (χ0n) is 11.1. The third-order valence-corrected chi connectivity index (χ3v) is 3.04. The molecule has 0 fully saturated rings. The Morgan fingerprint density at radius 3 is 2.63 bits per heavy atom. The molecular weight excluding hydrogens is 238 g/mol. The van der Waals surface area contributed by atoms with Crippen LogP contribution in [-0.2, 0) is 0 Å². The summed E-state index contributed by atoms with van der Waals surface area (Å²) in [5.74, 6) is -0.0979. The Balaban J connectivity index is 2.17. The molecule has 0 saturated heterocycles. The van der Waals surface area contributed by atoms with E-state index in [0.29, 0.717) is 5.56 Å².